The van der Waals surface area contributed by atoms with Gasteiger partial charge in [-0.25, -0.2) is 0 Å². The molecule has 2 aromatic carbocycles. The molecule has 2 aromatic rings. The molecule has 3 nitrogen and oxygen atoms in total. The fourth-order valence-corrected chi connectivity index (χ4v) is 2.22. The van der Waals surface area contributed by atoms with E-state index in [2.05, 4.69) is 0 Å². The van der Waals surface area contributed by atoms with Gasteiger partial charge in [0.15, 0.2) is 5.78 Å². The number of hydrogen-bond donors (Lipinski definition) is 1. The van der Waals surface area contributed by atoms with Crippen LogP contribution in [-0.2, 0) is 11.2 Å². The van der Waals surface area contributed by atoms with Gasteiger partial charge >= 0.3 is 12.1 Å². The standard InChI is InChI=1S/C18H16F3NO2/c1-12-7-9-14(10-8-12)16(23)15(22-17(24)18(19,20)21)11-13-5-3-2-4-6-13/h2-10,15H,11H2,1H3,(H,22,24)/t15-/m0/s1. The lowest BCUT2D eigenvalue weighted by molar-refractivity contribution is -0.174. The molecule has 0 saturated heterocycles. The number of nitrogens with one attached hydrogen (secondary N) is 1. The van der Waals surface area contributed by atoms with E-state index in [-0.39, 0.29) is 12.0 Å². The molecule has 126 valence electrons. The number of amides is 1. The average molecular weight is 335 g/mol. The van der Waals surface area contributed by atoms with E-state index >= 15 is 0 Å². The number of hydrogen-bond acceptors (Lipinski definition) is 2. The van der Waals surface area contributed by atoms with Crippen molar-refractivity contribution in [2.24, 2.45) is 0 Å². The Morgan fingerprint density at radius 2 is 1.58 bits per heavy atom. The van der Waals surface area contributed by atoms with E-state index in [4.69, 9.17) is 0 Å². The van der Waals surface area contributed by atoms with Crippen molar-refractivity contribution >= 4 is 11.7 Å². The molecular formula is C18H16F3NO2. The summed E-state index contributed by atoms with van der Waals surface area (Å²) in [4.78, 5) is 23.8. The zero-order valence-corrected chi connectivity index (χ0v) is 12.9. The molecule has 0 bridgehead atoms. The maximum absolute atomic E-state index is 12.5. The van der Waals surface area contributed by atoms with Gasteiger partial charge in [0, 0.05) is 12.0 Å². The molecule has 0 unspecified atom stereocenters. The second kappa shape index (κ2) is 7.29. The highest BCUT2D eigenvalue weighted by molar-refractivity contribution is 6.02. The Hall–Kier alpha value is -2.63. The lowest BCUT2D eigenvalue weighted by Gasteiger charge is -2.19. The van der Waals surface area contributed by atoms with Crippen LogP contribution in [0.4, 0.5) is 13.2 Å². The summed E-state index contributed by atoms with van der Waals surface area (Å²) in [5, 5.41) is 1.80. The Balaban J connectivity index is 2.25. The van der Waals surface area contributed by atoms with E-state index in [1.165, 1.54) is 12.1 Å². The Kier molecular flexibility index (Phi) is 5.39. The van der Waals surface area contributed by atoms with Crippen molar-refractivity contribution in [1.29, 1.82) is 0 Å². The summed E-state index contributed by atoms with van der Waals surface area (Å²) >= 11 is 0. The van der Waals surface area contributed by atoms with Crippen molar-refractivity contribution in [2.45, 2.75) is 25.6 Å². The van der Waals surface area contributed by atoms with Gasteiger partial charge in [-0.2, -0.15) is 13.2 Å². The van der Waals surface area contributed by atoms with Crippen LogP contribution in [0.2, 0.25) is 0 Å². The summed E-state index contributed by atoms with van der Waals surface area (Å²) < 4.78 is 37.6. The minimum absolute atomic E-state index is 0.0185. The van der Waals surface area contributed by atoms with Crippen molar-refractivity contribution in [2.75, 3.05) is 0 Å². The Morgan fingerprint density at radius 3 is 2.12 bits per heavy atom. The van der Waals surface area contributed by atoms with Crippen LogP contribution in [0.1, 0.15) is 21.5 Å². The van der Waals surface area contributed by atoms with Gasteiger partial charge in [0.25, 0.3) is 0 Å². The van der Waals surface area contributed by atoms with E-state index in [0.717, 1.165) is 5.56 Å². The van der Waals surface area contributed by atoms with Crippen LogP contribution in [0.25, 0.3) is 0 Å². The summed E-state index contributed by atoms with van der Waals surface area (Å²) in [6.07, 6.45) is -5.06. The second-order valence-electron chi connectivity index (χ2n) is 5.44. The highest BCUT2D eigenvalue weighted by atomic mass is 19.4. The molecule has 2 rings (SSSR count). The molecule has 0 aromatic heterocycles. The summed E-state index contributed by atoms with van der Waals surface area (Å²) in [6, 6.07) is 13.7. The lowest BCUT2D eigenvalue weighted by atomic mass is 9.97. The van der Waals surface area contributed by atoms with E-state index < -0.39 is 23.9 Å². The third-order valence-electron chi connectivity index (χ3n) is 3.50. The van der Waals surface area contributed by atoms with Gasteiger partial charge in [0.2, 0.25) is 0 Å². The SMILES string of the molecule is Cc1ccc(C(=O)[C@H](Cc2ccccc2)NC(=O)C(F)(F)F)cc1. The molecule has 0 fully saturated rings. The van der Waals surface area contributed by atoms with Crippen LogP contribution in [0, 0.1) is 6.92 Å². The first-order chi connectivity index (χ1) is 11.3. The van der Waals surface area contributed by atoms with Crippen molar-refractivity contribution in [3.8, 4) is 0 Å². The predicted molar refractivity (Wildman–Crippen MR) is 83.6 cm³/mol. The van der Waals surface area contributed by atoms with Crippen molar-refractivity contribution in [1.82, 2.24) is 5.32 Å². The predicted octanol–water partition coefficient (Wildman–Crippen LogP) is 3.47. The van der Waals surface area contributed by atoms with Gasteiger partial charge in [-0.3, -0.25) is 9.59 Å². The smallest absolute Gasteiger partial charge is 0.338 e. The summed E-state index contributed by atoms with van der Waals surface area (Å²) in [5.74, 6) is -2.68. The van der Waals surface area contributed by atoms with Crippen LogP contribution < -0.4 is 5.32 Å². The van der Waals surface area contributed by atoms with E-state index in [0.29, 0.717) is 5.56 Å². The average Bonchev–Trinajstić information content (AvgIpc) is 2.54. The molecule has 0 aliphatic carbocycles. The quantitative estimate of drug-likeness (QED) is 0.851. The number of Topliss-reactive ketones (excluding diaryl/α,β-unsaturated/α-hetero) is 1. The molecule has 6 heteroatoms. The molecule has 1 amide bonds. The van der Waals surface area contributed by atoms with Crippen molar-refractivity contribution in [3.63, 3.8) is 0 Å². The second-order valence-corrected chi connectivity index (χ2v) is 5.44. The van der Waals surface area contributed by atoms with Gasteiger partial charge in [0.05, 0.1) is 6.04 Å². The first kappa shape index (κ1) is 17.7. The number of aryl methyl sites for hydroxylation is 1. The van der Waals surface area contributed by atoms with Crippen LogP contribution >= 0.6 is 0 Å². The molecule has 1 atom stereocenters. The zero-order valence-electron chi connectivity index (χ0n) is 12.9. The van der Waals surface area contributed by atoms with Gasteiger partial charge in [-0.05, 0) is 12.5 Å². The molecule has 0 radical (unpaired) electrons. The fourth-order valence-electron chi connectivity index (χ4n) is 2.22. The topological polar surface area (TPSA) is 46.2 Å². The molecule has 1 N–H and O–H groups in total. The summed E-state index contributed by atoms with van der Waals surface area (Å²) in [5.41, 5.74) is 1.83. The van der Waals surface area contributed by atoms with Crippen LogP contribution in [0.15, 0.2) is 54.6 Å². The normalized spacial score (nSPS) is 12.5. The van der Waals surface area contributed by atoms with Gasteiger partial charge in [-0.15, -0.1) is 0 Å². The third-order valence-corrected chi connectivity index (χ3v) is 3.50. The van der Waals surface area contributed by atoms with Crippen molar-refractivity contribution in [3.05, 3.63) is 71.3 Å². The van der Waals surface area contributed by atoms with Gasteiger partial charge in [-0.1, -0.05) is 60.2 Å². The number of benzene rings is 2. The van der Waals surface area contributed by atoms with Crippen LogP contribution in [0.3, 0.4) is 0 Å². The van der Waals surface area contributed by atoms with Gasteiger partial charge in [0.1, 0.15) is 0 Å². The third kappa shape index (κ3) is 4.68. The molecule has 0 aliphatic rings. The summed E-state index contributed by atoms with van der Waals surface area (Å²) in [6.45, 7) is 1.83. The number of rotatable bonds is 5. The first-order valence-corrected chi connectivity index (χ1v) is 7.30. The number of alkyl halides is 3. The fraction of sp³-hybridized carbons (Fsp3) is 0.222. The highest BCUT2D eigenvalue weighted by Gasteiger charge is 2.40. The summed E-state index contributed by atoms with van der Waals surface area (Å²) in [7, 11) is 0. The minimum atomic E-state index is -5.04. The molecule has 24 heavy (non-hydrogen) atoms. The number of halogens is 3. The monoisotopic (exact) mass is 335 g/mol. The molecule has 0 aliphatic heterocycles. The van der Waals surface area contributed by atoms with Crippen molar-refractivity contribution < 1.29 is 22.8 Å². The lowest BCUT2D eigenvalue weighted by Crippen LogP contribution is -2.48. The van der Waals surface area contributed by atoms with E-state index in [1.807, 2.05) is 6.92 Å². The maximum atomic E-state index is 12.5. The van der Waals surface area contributed by atoms with Gasteiger partial charge < -0.3 is 5.32 Å². The highest BCUT2D eigenvalue weighted by Crippen LogP contribution is 2.17. The number of carbonyl (C=O) groups excluding carboxylic acids is 2. The molecule has 0 saturated carbocycles. The van der Waals surface area contributed by atoms with E-state index in [1.54, 1.807) is 47.8 Å². The zero-order chi connectivity index (χ0) is 17.7. The van der Waals surface area contributed by atoms with E-state index in [9.17, 15) is 22.8 Å². The number of ketones is 1. The molecule has 0 heterocycles. The van der Waals surface area contributed by atoms with Crippen LogP contribution in [0.5, 0.6) is 0 Å². The maximum Gasteiger partial charge on any atom is 0.471 e. The first-order valence-electron chi connectivity index (χ1n) is 7.30. The molecule has 0 spiro atoms. The largest absolute Gasteiger partial charge is 0.471 e. The molecular weight excluding hydrogens is 319 g/mol. The number of carbonyl (C=O) groups is 2. The Morgan fingerprint density at radius 1 is 1.00 bits per heavy atom. The Bertz CT molecular complexity index is 709. The Labute approximate surface area is 137 Å². The van der Waals surface area contributed by atoms with Crippen LogP contribution in [-0.4, -0.2) is 23.9 Å². The minimum Gasteiger partial charge on any atom is -0.338 e.